The Morgan fingerprint density at radius 3 is 2.67 bits per heavy atom. The summed E-state index contributed by atoms with van der Waals surface area (Å²) in [5, 5.41) is 19.0. The number of anilines is 2. The first-order chi connectivity index (χ1) is 13.3. The van der Waals surface area contributed by atoms with Crippen LogP contribution in [-0.2, 0) is 6.61 Å². The zero-order valence-corrected chi connectivity index (χ0v) is 16.0. The van der Waals surface area contributed by atoms with Gasteiger partial charge >= 0.3 is 0 Å². The fraction of sp³-hybridized carbons (Fsp3) is 0.111. The molecule has 0 aliphatic carbocycles. The predicted molar refractivity (Wildman–Crippen MR) is 106 cm³/mol. The van der Waals surface area contributed by atoms with Gasteiger partial charge in [-0.2, -0.15) is 0 Å². The lowest BCUT2D eigenvalue weighted by Gasteiger charge is -2.05. The summed E-state index contributed by atoms with van der Waals surface area (Å²) in [7, 11) is 1.64. The molecule has 0 bridgehead atoms. The molecule has 7 nitrogen and oxygen atoms in total. The Balaban J connectivity index is 1.35. The highest BCUT2D eigenvalue weighted by Crippen LogP contribution is 2.25. The van der Waals surface area contributed by atoms with Gasteiger partial charge in [-0.3, -0.25) is 0 Å². The lowest BCUT2D eigenvalue weighted by Crippen LogP contribution is -1.94. The average molecular weight is 397 g/mol. The summed E-state index contributed by atoms with van der Waals surface area (Å²) in [6.45, 7) is 0.356. The van der Waals surface area contributed by atoms with Gasteiger partial charge in [0, 0.05) is 22.7 Å². The van der Waals surface area contributed by atoms with Crippen molar-refractivity contribution in [2.24, 2.45) is 0 Å². The molecule has 0 aliphatic rings. The lowest BCUT2D eigenvalue weighted by molar-refractivity contribution is 0.304. The number of hydrogen-bond donors (Lipinski definition) is 1. The van der Waals surface area contributed by atoms with Crippen molar-refractivity contribution >= 4 is 33.7 Å². The van der Waals surface area contributed by atoms with Gasteiger partial charge in [-0.1, -0.05) is 21.9 Å². The molecule has 136 valence electrons. The van der Waals surface area contributed by atoms with Crippen LogP contribution >= 0.6 is 22.9 Å². The molecule has 1 N–H and O–H groups in total. The van der Waals surface area contributed by atoms with E-state index in [2.05, 4.69) is 25.1 Å². The van der Waals surface area contributed by atoms with Crippen molar-refractivity contribution in [3.63, 3.8) is 0 Å². The molecular weight excluding hydrogens is 382 g/mol. The Hall–Kier alpha value is -3.04. The van der Waals surface area contributed by atoms with Crippen molar-refractivity contribution in [2.75, 3.05) is 12.4 Å². The Morgan fingerprint density at radius 1 is 1.00 bits per heavy atom. The summed E-state index contributed by atoms with van der Waals surface area (Å²) in [4.78, 5) is 0. The van der Waals surface area contributed by atoms with Crippen molar-refractivity contribution in [3.8, 4) is 22.8 Å². The van der Waals surface area contributed by atoms with Crippen LogP contribution in [0, 0.1) is 0 Å². The Morgan fingerprint density at radius 2 is 1.89 bits per heavy atom. The van der Waals surface area contributed by atoms with Crippen LogP contribution in [0.4, 0.5) is 10.8 Å². The van der Waals surface area contributed by atoms with E-state index in [1.807, 2.05) is 53.9 Å². The summed E-state index contributed by atoms with van der Waals surface area (Å²) < 4.78 is 14.9. The summed E-state index contributed by atoms with van der Waals surface area (Å²) in [6.07, 6.45) is 0. The van der Waals surface area contributed by atoms with E-state index < -0.39 is 0 Å². The number of ether oxygens (including phenoxy) is 2. The highest BCUT2D eigenvalue weighted by molar-refractivity contribution is 7.15. The molecule has 0 radical (unpaired) electrons. The number of aromatic nitrogens is 4. The first-order valence-electron chi connectivity index (χ1n) is 8.04. The molecule has 0 fully saturated rings. The van der Waals surface area contributed by atoms with Gasteiger partial charge in [-0.15, -0.1) is 15.3 Å². The average Bonchev–Trinajstić information content (AvgIpc) is 3.39. The van der Waals surface area contributed by atoms with Gasteiger partial charge in [0.1, 0.15) is 23.8 Å². The maximum absolute atomic E-state index is 5.79. The minimum absolute atomic E-state index is 0.356. The Kier molecular flexibility index (Phi) is 5.22. The lowest BCUT2D eigenvalue weighted by atomic mass is 10.2. The van der Waals surface area contributed by atoms with Gasteiger partial charge in [-0.05, 0) is 47.9 Å². The van der Waals surface area contributed by atoms with Crippen LogP contribution in [0.2, 0.25) is 0 Å². The van der Waals surface area contributed by atoms with Crippen LogP contribution in [0.1, 0.15) is 5.01 Å². The second-order valence-corrected chi connectivity index (χ2v) is 7.13. The molecule has 4 rings (SSSR count). The fourth-order valence-electron chi connectivity index (χ4n) is 2.34. The zero-order chi connectivity index (χ0) is 18.5. The van der Waals surface area contributed by atoms with E-state index in [-0.39, 0.29) is 0 Å². The number of methoxy groups -OCH3 is 1. The Labute approximate surface area is 163 Å². The van der Waals surface area contributed by atoms with E-state index >= 15 is 0 Å². The molecular formula is C18H15N5O2S2. The van der Waals surface area contributed by atoms with Crippen LogP contribution in [0.5, 0.6) is 11.5 Å². The molecule has 0 amide bonds. The van der Waals surface area contributed by atoms with Crippen LogP contribution in [-0.4, -0.2) is 26.9 Å². The minimum Gasteiger partial charge on any atom is -0.497 e. The summed E-state index contributed by atoms with van der Waals surface area (Å²) in [6, 6.07) is 15.4. The normalized spacial score (nSPS) is 10.6. The molecule has 4 aromatic rings. The summed E-state index contributed by atoms with van der Waals surface area (Å²) in [5.41, 5.74) is 2.77. The summed E-state index contributed by atoms with van der Waals surface area (Å²) >= 11 is 2.78. The van der Waals surface area contributed by atoms with Crippen molar-refractivity contribution in [1.29, 1.82) is 0 Å². The number of benzene rings is 2. The third kappa shape index (κ3) is 4.39. The molecule has 9 heteroatoms. The number of hydrogen-bond acceptors (Lipinski definition) is 9. The molecule has 2 aromatic carbocycles. The van der Waals surface area contributed by atoms with Gasteiger partial charge in [-0.25, -0.2) is 0 Å². The molecule has 2 heterocycles. The van der Waals surface area contributed by atoms with Crippen molar-refractivity contribution < 1.29 is 9.47 Å². The first kappa shape index (κ1) is 17.4. The number of nitrogens with one attached hydrogen (secondary N) is 1. The second-order valence-electron chi connectivity index (χ2n) is 5.46. The first-order valence-corrected chi connectivity index (χ1v) is 9.69. The quantitative estimate of drug-likeness (QED) is 0.495. The largest absolute Gasteiger partial charge is 0.497 e. The topological polar surface area (TPSA) is 82.0 Å². The van der Waals surface area contributed by atoms with E-state index in [0.717, 1.165) is 33.5 Å². The SMILES string of the molecule is COc1cccc(Nc2nnc(COc3ccc(-c4csnn4)cc3)s2)c1. The van der Waals surface area contributed by atoms with Crippen LogP contribution in [0.3, 0.4) is 0 Å². The van der Waals surface area contributed by atoms with E-state index in [9.17, 15) is 0 Å². The van der Waals surface area contributed by atoms with Crippen LogP contribution < -0.4 is 14.8 Å². The zero-order valence-electron chi connectivity index (χ0n) is 14.3. The molecule has 0 unspecified atom stereocenters. The van der Waals surface area contributed by atoms with Crippen molar-refractivity contribution in [3.05, 3.63) is 58.9 Å². The predicted octanol–water partition coefficient (Wildman–Crippen LogP) is 4.39. The van der Waals surface area contributed by atoms with Gasteiger partial charge in [0.25, 0.3) is 0 Å². The van der Waals surface area contributed by atoms with E-state index in [1.165, 1.54) is 22.9 Å². The standard InChI is InChI=1S/C18H15N5O2S2/c1-24-15-4-2-3-13(9-15)19-18-22-21-17(27-18)10-25-14-7-5-12(6-8-14)16-11-26-23-20-16/h2-9,11H,10H2,1H3,(H,19,22). The molecule has 0 saturated carbocycles. The van der Waals surface area contributed by atoms with Crippen LogP contribution in [0.15, 0.2) is 53.9 Å². The monoisotopic (exact) mass is 397 g/mol. The molecule has 0 spiro atoms. The molecule has 27 heavy (non-hydrogen) atoms. The van der Waals surface area contributed by atoms with Gasteiger partial charge < -0.3 is 14.8 Å². The third-order valence-electron chi connectivity index (χ3n) is 3.66. The summed E-state index contributed by atoms with van der Waals surface area (Å²) in [5.74, 6) is 1.55. The fourth-order valence-corrected chi connectivity index (χ4v) is 3.48. The third-order valence-corrected chi connectivity index (χ3v) is 4.98. The number of nitrogens with zero attached hydrogens (tertiary/aromatic N) is 4. The van der Waals surface area contributed by atoms with Gasteiger partial charge in [0.15, 0.2) is 5.01 Å². The van der Waals surface area contributed by atoms with E-state index in [1.54, 1.807) is 7.11 Å². The van der Waals surface area contributed by atoms with Gasteiger partial charge in [0.05, 0.1) is 7.11 Å². The van der Waals surface area contributed by atoms with Crippen molar-refractivity contribution in [1.82, 2.24) is 19.8 Å². The molecule has 2 aromatic heterocycles. The van der Waals surface area contributed by atoms with Crippen LogP contribution in [0.25, 0.3) is 11.3 Å². The number of rotatable bonds is 7. The molecule has 0 saturated heterocycles. The molecule has 0 atom stereocenters. The van der Waals surface area contributed by atoms with Gasteiger partial charge in [0.2, 0.25) is 5.13 Å². The highest BCUT2D eigenvalue weighted by Gasteiger charge is 2.07. The maximum Gasteiger partial charge on any atom is 0.210 e. The second kappa shape index (κ2) is 8.11. The van der Waals surface area contributed by atoms with E-state index in [4.69, 9.17) is 9.47 Å². The van der Waals surface area contributed by atoms with Crippen molar-refractivity contribution in [2.45, 2.75) is 6.61 Å². The van der Waals surface area contributed by atoms with E-state index in [0.29, 0.717) is 11.7 Å². The minimum atomic E-state index is 0.356. The smallest absolute Gasteiger partial charge is 0.210 e. The highest BCUT2D eigenvalue weighted by atomic mass is 32.1. The Bertz CT molecular complexity index is 1000. The molecule has 0 aliphatic heterocycles. The maximum atomic E-state index is 5.79.